The normalized spacial score (nSPS) is 21.4. The first-order valence-corrected chi connectivity index (χ1v) is 10.3. The second-order valence-corrected chi connectivity index (χ2v) is 7.36. The van der Waals surface area contributed by atoms with Gasteiger partial charge in [0.15, 0.2) is 17.3 Å². The molecule has 0 saturated heterocycles. The molecule has 2 aliphatic rings. The number of carbonyl (C=O) groups is 2. The molecule has 0 amide bonds. The number of nitrogens with zero attached hydrogens (tertiary/aromatic N) is 1. The van der Waals surface area contributed by atoms with Crippen LogP contribution in [0.2, 0.25) is 0 Å². The number of benzene rings is 1. The van der Waals surface area contributed by atoms with Crippen molar-refractivity contribution in [3.05, 3.63) is 35.0 Å². The van der Waals surface area contributed by atoms with Crippen molar-refractivity contribution in [2.24, 2.45) is 10.9 Å². The number of allylic oxidation sites excluding steroid dienone is 2. The highest BCUT2D eigenvalue weighted by Crippen LogP contribution is 2.45. The summed E-state index contributed by atoms with van der Waals surface area (Å²) in [6, 6.07) is 5.60. The van der Waals surface area contributed by atoms with E-state index < -0.39 is 11.8 Å². The Kier molecular flexibility index (Phi) is 6.72. The highest BCUT2D eigenvalue weighted by atomic mass is 16.5. The van der Waals surface area contributed by atoms with Crippen molar-refractivity contribution in [1.82, 2.24) is 0 Å². The van der Waals surface area contributed by atoms with Crippen molar-refractivity contribution < 1.29 is 23.8 Å². The molecule has 1 unspecified atom stereocenters. The summed E-state index contributed by atoms with van der Waals surface area (Å²) in [6.07, 6.45) is 2.76. The lowest BCUT2D eigenvalue weighted by Crippen LogP contribution is -2.37. The van der Waals surface area contributed by atoms with E-state index in [9.17, 15) is 9.59 Å². The first kappa shape index (κ1) is 21.1. The molecule has 0 fully saturated rings. The Balaban J connectivity index is 2.11. The molecule has 1 aliphatic heterocycles. The molecular formula is C23H29NO5. The van der Waals surface area contributed by atoms with Crippen molar-refractivity contribution in [2.45, 2.75) is 52.4 Å². The maximum absolute atomic E-state index is 13.0. The van der Waals surface area contributed by atoms with Crippen molar-refractivity contribution in [2.75, 3.05) is 20.3 Å². The highest BCUT2D eigenvalue weighted by Gasteiger charge is 2.43. The summed E-state index contributed by atoms with van der Waals surface area (Å²) in [5, 5.41) is 0. The standard InChI is InChI=1S/C23H29NO5/c1-5-12-29-23(26)20-14(3)24-16-8-7-9-17(25)22(16)21(20)15-10-11-18(28-6-2)19(13-15)27-4/h10-11,13,20-21H,5-9,12H2,1-4H3/t20?,21-/m1/s1. The van der Waals surface area contributed by atoms with Gasteiger partial charge in [0.1, 0.15) is 5.92 Å². The number of aliphatic imine (C=N–C) groups is 1. The van der Waals surface area contributed by atoms with Crippen molar-refractivity contribution in [3.63, 3.8) is 0 Å². The molecule has 29 heavy (non-hydrogen) atoms. The Labute approximate surface area is 171 Å². The van der Waals surface area contributed by atoms with Gasteiger partial charge in [0.2, 0.25) is 0 Å². The maximum Gasteiger partial charge on any atom is 0.315 e. The average molecular weight is 399 g/mol. The predicted octanol–water partition coefficient (Wildman–Crippen LogP) is 4.23. The second kappa shape index (κ2) is 9.25. The van der Waals surface area contributed by atoms with Crippen LogP contribution in [0, 0.1) is 5.92 Å². The average Bonchev–Trinajstić information content (AvgIpc) is 2.71. The summed E-state index contributed by atoms with van der Waals surface area (Å²) < 4.78 is 16.6. The molecule has 3 rings (SSSR count). The van der Waals surface area contributed by atoms with Crippen LogP contribution in [-0.4, -0.2) is 37.8 Å². The Morgan fingerprint density at radius 2 is 2.00 bits per heavy atom. The molecule has 2 atom stereocenters. The largest absolute Gasteiger partial charge is 0.493 e. The Morgan fingerprint density at radius 3 is 2.69 bits per heavy atom. The molecule has 0 saturated carbocycles. The Bertz CT molecular complexity index is 855. The van der Waals surface area contributed by atoms with E-state index in [1.807, 2.05) is 39.0 Å². The van der Waals surface area contributed by atoms with E-state index in [0.717, 1.165) is 30.5 Å². The van der Waals surface area contributed by atoms with E-state index >= 15 is 0 Å². The Morgan fingerprint density at radius 1 is 1.21 bits per heavy atom. The molecule has 0 N–H and O–H groups in total. The fourth-order valence-electron chi connectivity index (χ4n) is 4.12. The van der Waals surface area contributed by atoms with Gasteiger partial charge in [0.05, 0.1) is 20.3 Å². The van der Waals surface area contributed by atoms with Crippen LogP contribution in [0.5, 0.6) is 11.5 Å². The minimum absolute atomic E-state index is 0.0636. The maximum atomic E-state index is 13.0. The molecule has 6 heteroatoms. The lowest BCUT2D eigenvalue weighted by Gasteiger charge is -2.34. The topological polar surface area (TPSA) is 74.2 Å². The summed E-state index contributed by atoms with van der Waals surface area (Å²) in [5.41, 5.74) is 2.97. The zero-order valence-electron chi connectivity index (χ0n) is 17.6. The van der Waals surface area contributed by atoms with Gasteiger partial charge in [0, 0.05) is 29.3 Å². The van der Waals surface area contributed by atoms with E-state index in [1.54, 1.807) is 7.11 Å². The zero-order chi connectivity index (χ0) is 21.0. The lowest BCUT2D eigenvalue weighted by atomic mass is 9.71. The van der Waals surface area contributed by atoms with Gasteiger partial charge >= 0.3 is 5.97 Å². The van der Waals surface area contributed by atoms with Gasteiger partial charge in [-0.1, -0.05) is 13.0 Å². The van der Waals surface area contributed by atoms with Crippen molar-refractivity contribution in [3.8, 4) is 11.5 Å². The van der Waals surface area contributed by atoms with Crippen LogP contribution in [-0.2, 0) is 14.3 Å². The lowest BCUT2D eigenvalue weighted by molar-refractivity contribution is -0.146. The summed E-state index contributed by atoms with van der Waals surface area (Å²) >= 11 is 0. The molecule has 0 spiro atoms. The monoisotopic (exact) mass is 399 g/mol. The first-order valence-electron chi connectivity index (χ1n) is 10.3. The third-order valence-electron chi connectivity index (χ3n) is 5.38. The third kappa shape index (κ3) is 4.21. The van der Waals surface area contributed by atoms with Crippen LogP contribution in [0.15, 0.2) is 34.5 Å². The smallest absolute Gasteiger partial charge is 0.315 e. The number of methoxy groups -OCH3 is 1. The van der Waals surface area contributed by atoms with Gasteiger partial charge in [-0.25, -0.2) is 0 Å². The van der Waals surface area contributed by atoms with Crippen molar-refractivity contribution >= 4 is 17.5 Å². The molecule has 1 aromatic carbocycles. The molecule has 1 heterocycles. The zero-order valence-corrected chi connectivity index (χ0v) is 17.6. The van der Waals surface area contributed by atoms with Gasteiger partial charge in [-0.15, -0.1) is 0 Å². The van der Waals surface area contributed by atoms with E-state index in [1.165, 1.54) is 0 Å². The van der Waals surface area contributed by atoms with Gasteiger partial charge in [0.25, 0.3) is 0 Å². The highest BCUT2D eigenvalue weighted by molar-refractivity contribution is 6.08. The van der Waals surface area contributed by atoms with Gasteiger partial charge < -0.3 is 14.2 Å². The SMILES string of the molecule is CCCOC(=O)C1C(C)=NC2=C(C(=O)CCC2)[C@@H]1c1ccc(OCC)c(OC)c1. The van der Waals surface area contributed by atoms with E-state index in [-0.39, 0.29) is 11.8 Å². The third-order valence-corrected chi connectivity index (χ3v) is 5.38. The summed E-state index contributed by atoms with van der Waals surface area (Å²) in [4.78, 5) is 30.5. The van der Waals surface area contributed by atoms with Crippen LogP contribution in [0.4, 0.5) is 0 Å². The quantitative estimate of drug-likeness (QED) is 0.642. The number of esters is 1. The minimum atomic E-state index is -0.620. The van der Waals surface area contributed by atoms with Gasteiger partial charge in [-0.05, 0) is 50.8 Å². The second-order valence-electron chi connectivity index (χ2n) is 7.36. The van der Waals surface area contributed by atoms with Gasteiger partial charge in [-0.2, -0.15) is 0 Å². The van der Waals surface area contributed by atoms with E-state index in [0.29, 0.717) is 42.4 Å². The van der Waals surface area contributed by atoms with Crippen LogP contribution < -0.4 is 9.47 Å². The number of rotatable bonds is 7. The predicted molar refractivity (Wildman–Crippen MR) is 111 cm³/mol. The van der Waals surface area contributed by atoms with Crippen LogP contribution in [0.3, 0.4) is 0 Å². The van der Waals surface area contributed by atoms with Gasteiger partial charge in [-0.3, -0.25) is 14.6 Å². The molecule has 6 nitrogen and oxygen atoms in total. The van der Waals surface area contributed by atoms with E-state index in [2.05, 4.69) is 4.99 Å². The number of Topliss-reactive ketones (excluding diaryl/α,β-unsaturated/α-hetero) is 1. The number of ketones is 1. The molecule has 0 bridgehead atoms. The molecule has 1 aromatic rings. The summed E-state index contributed by atoms with van der Waals surface area (Å²) in [7, 11) is 1.58. The first-order chi connectivity index (χ1) is 14.0. The fraction of sp³-hybridized carbons (Fsp3) is 0.522. The summed E-state index contributed by atoms with van der Waals surface area (Å²) in [6.45, 7) is 6.58. The van der Waals surface area contributed by atoms with Crippen molar-refractivity contribution in [1.29, 1.82) is 0 Å². The number of hydrogen-bond donors (Lipinski definition) is 0. The van der Waals surface area contributed by atoms with Crippen LogP contribution in [0.1, 0.15) is 57.9 Å². The Hall–Kier alpha value is -2.63. The summed E-state index contributed by atoms with van der Waals surface area (Å²) in [5.74, 6) is -0.108. The molecule has 0 aromatic heterocycles. The number of carbonyl (C=O) groups excluding carboxylic acids is 2. The molecule has 0 radical (unpaired) electrons. The minimum Gasteiger partial charge on any atom is -0.493 e. The molecule has 1 aliphatic carbocycles. The molecular weight excluding hydrogens is 370 g/mol. The van der Waals surface area contributed by atoms with Crippen LogP contribution in [0.25, 0.3) is 0 Å². The van der Waals surface area contributed by atoms with E-state index in [4.69, 9.17) is 14.2 Å². The fourth-order valence-corrected chi connectivity index (χ4v) is 4.12. The molecule has 156 valence electrons. The number of hydrogen-bond acceptors (Lipinski definition) is 6. The number of ether oxygens (including phenoxy) is 3. The van der Waals surface area contributed by atoms with Crippen LogP contribution >= 0.6 is 0 Å².